The number of hydrogen-bond donors (Lipinski definition) is 1. The molecule has 0 aliphatic heterocycles. The highest BCUT2D eigenvalue weighted by molar-refractivity contribution is 5.79. The summed E-state index contributed by atoms with van der Waals surface area (Å²) in [6, 6.07) is 0.245. The minimum atomic E-state index is -0.168. The molecule has 62 valence electrons. The van der Waals surface area contributed by atoms with E-state index in [2.05, 4.69) is 0 Å². The fraction of sp³-hybridized carbons (Fsp3) is 0.875. The van der Waals surface area contributed by atoms with Gasteiger partial charge in [0.15, 0.2) is 0 Å². The molecule has 3 saturated carbocycles. The number of nitrogens with two attached hydrogens (primary N) is 1. The SMILES string of the molecule is COC(=O)C12CC(N)C(C1)C2. The molecule has 0 saturated heterocycles. The zero-order chi connectivity index (χ0) is 8.06. The van der Waals surface area contributed by atoms with Crippen LogP contribution in [-0.4, -0.2) is 19.1 Å². The van der Waals surface area contributed by atoms with Gasteiger partial charge < -0.3 is 10.5 Å². The van der Waals surface area contributed by atoms with Crippen molar-refractivity contribution in [3.05, 3.63) is 0 Å². The highest BCUT2D eigenvalue weighted by Gasteiger charge is 2.59. The zero-order valence-electron chi connectivity index (χ0n) is 6.67. The number of carbonyl (C=O) groups is 1. The minimum absolute atomic E-state index is 0.0540. The second kappa shape index (κ2) is 1.97. The summed E-state index contributed by atoms with van der Waals surface area (Å²) in [5, 5.41) is 0. The molecule has 0 aromatic rings. The minimum Gasteiger partial charge on any atom is -0.469 e. The molecule has 3 nitrogen and oxygen atoms in total. The summed E-state index contributed by atoms with van der Waals surface area (Å²) in [4.78, 5) is 11.2. The average Bonchev–Trinajstić information content (AvgIpc) is 2.38. The standard InChI is InChI=1S/C8H13NO2/c1-11-7(10)8-2-5(3-8)6(9)4-8/h5-6H,2-4,9H2,1H3. The van der Waals surface area contributed by atoms with Gasteiger partial charge in [0.1, 0.15) is 0 Å². The highest BCUT2D eigenvalue weighted by atomic mass is 16.5. The van der Waals surface area contributed by atoms with Crippen molar-refractivity contribution < 1.29 is 9.53 Å². The van der Waals surface area contributed by atoms with Crippen molar-refractivity contribution in [3.63, 3.8) is 0 Å². The van der Waals surface area contributed by atoms with Crippen molar-refractivity contribution in [1.29, 1.82) is 0 Å². The maximum atomic E-state index is 11.2. The van der Waals surface area contributed by atoms with E-state index in [0.717, 1.165) is 19.3 Å². The van der Waals surface area contributed by atoms with Crippen LogP contribution in [-0.2, 0) is 9.53 Å². The van der Waals surface area contributed by atoms with Crippen LogP contribution in [0.2, 0.25) is 0 Å². The van der Waals surface area contributed by atoms with E-state index in [1.807, 2.05) is 0 Å². The van der Waals surface area contributed by atoms with Crippen molar-refractivity contribution >= 4 is 5.97 Å². The third kappa shape index (κ3) is 0.745. The number of carbonyl (C=O) groups excluding carboxylic acids is 1. The molecule has 3 aliphatic rings. The normalized spacial score (nSPS) is 46.7. The van der Waals surface area contributed by atoms with Crippen molar-refractivity contribution in [1.82, 2.24) is 0 Å². The fourth-order valence-corrected chi connectivity index (χ4v) is 2.50. The van der Waals surface area contributed by atoms with Gasteiger partial charge >= 0.3 is 5.97 Å². The maximum Gasteiger partial charge on any atom is 0.311 e. The van der Waals surface area contributed by atoms with Gasteiger partial charge in [-0.25, -0.2) is 0 Å². The van der Waals surface area contributed by atoms with Crippen LogP contribution in [0, 0.1) is 11.3 Å². The van der Waals surface area contributed by atoms with Crippen LogP contribution in [0.5, 0.6) is 0 Å². The van der Waals surface area contributed by atoms with E-state index >= 15 is 0 Å². The van der Waals surface area contributed by atoms with Crippen LogP contribution in [0.1, 0.15) is 19.3 Å². The lowest BCUT2D eigenvalue weighted by Crippen LogP contribution is -2.37. The molecular weight excluding hydrogens is 142 g/mol. The molecule has 3 heteroatoms. The van der Waals surface area contributed by atoms with Gasteiger partial charge in [-0.1, -0.05) is 0 Å². The van der Waals surface area contributed by atoms with Gasteiger partial charge in [0.25, 0.3) is 0 Å². The van der Waals surface area contributed by atoms with E-state index in [9.17, 15) is 4.79 Å². The molecular formula is C8H13NO2. The summed E-state index contributed by atoms with van der Waals surface area (Å²) in [6.07, 6.45) is 2.76. The largest absolute Gasteiger partial charge is 0.469 e. The second-order valence-electron chi connectivity index (χ2n) is 3.81. The van der Waals surface area contributed by atoms with E-state index in [1.54, 1.807) is 0 Å². The van der Waals surface area contributed by atoms with Crippen molar-refractivity contribution in [2.75, 3.05) is 7.11 Å². The lowest BCUT2D eigenvalue weighted by Gasteiger charge is -2.35. The molecule has 0 heterocycles. The maximum absolute atomic E-state index is 11.2. The van der Waals surface area contributed by atoms with E-state index in [1.165, 1.54) is 7.11 Å². The Kier molecular flexibility index (Phi) is 1.27. The van der Waals surface area contributed by atoms with E-state index in [-0.39, 0.29) is 17.4 Å². The van der Waals surface area contributed by atoms with Gasteiger partial charge in [0.2, 0.25) is 0 Å². The Labute approximate surface area is 65.9 Å². The first-order chi connectivity index (χ1) is 5.18. The summed E-state index contributed by atoms with van der Waals surface area (Å²) < 4.78 is 4.73. The van der Waals surface area contributed by atoms with E-state index < -0.39 is 0 Å². The number of fused-ring (bicyclic) bond motifs is 1. The summed E-state index contributed by atoms with van der Waals surface area (Å²) in [7, 11) is 1.45. The Bertz CT molecular complexity index is 196. The fourth-order valence-electron chi connectivity index (χ4n) is 2.50. The molecule has 2 bridgehead atoms. The number of rotatable bonds is 1. The predicted octanol–water partition coefficient (Wildman–Crippen LogP) is 0.287. The lowest BCUT2D eigenvalue weighted by molar-refractivity contribution is -0.157. The molecule has 3 fully saturated rings. The number of hydrogen-bond acceptors (Lipinski definition) is 3. The Hall–Kier alpha value is -0.570. The Morgan fingerprint density at radius 2 is 2.18 bits per heavy atom. The third-order valence-corrected chi connectivity index (χ3v) is 3.16. The van der Waals surface area contributed by atoms with Gasteiger partial charge in [-0.15, -0.1) is 0 Å². The first-order valence-electron chi connectivity index (χ1n) is 4.02. The quantitative estimate of drug-likeness (QED) is 0.553. The van der Waals surface area contributed by atoms with Crippen LogP contribution in [0.15, 0.2) is 0 Å². The molecule has 0 spiro atoms. The molecule has 11 heavy (non-hydrogen) atoms. The molecule has 2 N–H and O–H groups in total. The Morgan fingerprint density at radius 1 is 1.55 bits per heavy atom. The second-order valence-corrected chi connectivity index (χ2v) is 3.81. The highest BCUT2D eigenvalue weighted by Crippen LogP contribution is 2.58. The average molecular weight is 155 g/mol. The third-order valence-electron chi connectivity index (χ3n) is 3.16. The molecule has 3 aliphatic carbocycles. The molecule has 0 amide bonds. The van der Waals surface area contributed by atoms with Gasteiger partial charge in [-0.2, -0.15) is 0 Å². The Morgan fingerprint density at radius 3 is 2.55 bits per heavy atom. The van der Waals surface area contributed by atoms with Crippen LogP contribution in [0.25, 0.3) is 0 Å². The molecule has 0 radical (unpaired) electrons. The van der Waals surface area contributed by atoms with Gasteiger partial charge in [0.05, 0.1) is 12.5 Å². The first kappa shape index (κ1) is 7.10. The molecule has 3 rings (SSSR count). The molecule has 1 unspecified atom stereocenters. The summed E-state index contributed by atoms with van der Waals surface area (Å²) in [5.74, 6) is 0.538. The number of ether oxygens (including phenoxy) is 1. The smallest absolute Gasteiger partial charge is 0.311 e. The van der Waals surface area contributed by atoms with Crippen LogP contribution < -0.4 is 5.73 Å². The monoisotopic (exact) mass is 155 g/mol. The molecule has 0 aromatic heterocycles. The Balaban J connectivity index is 2.11. The summed E-state index contributed by atoms with van der Waals surface area (Å²) in [5.41, 5.74) is 5.62. The van der Waals surface area contributed by atoms with Crippen LogP contribution >= 0.6 is 0 Å². The molecule has 1 atom stereocenters. The summed E-state index contributed by atoms with van der Waals surface area (Å²) >= 11 is 0. The zero-order valence-corrected chi connectivity index (χ0v) is 6.67. The molecule has 0 aromatic carbocycles. The lowest BCUT2D eigenvalue weighted by atomic mass is 9.70. The number of methoxy groups -OCH3 is 1. The van der Waals surface area contributed by atoms with Crippen molar-refractivity contribution in [2.24, 2.45) is 17.1 Å². The summed E-state index contributed by atoms with van der Waals surface area (Å²) in [6.45, 7) is 0. The topological polar surface area (TPSA) is 52.3 Å². The first-order valence-corrected chi connectivity index (χ1v) is 4.02. The van der Waals surface area contributed by atoms with Crippen molar-refractivity contribution in [3.8, 4) is 0 Å². The van der Waals surface area contributed by atoms with Gasteiger partial charge in [-0.3, -0.25) is 4.79 Å². The van der Waals surface area contributed by atoms with Crippen molar-refractivity contribution in [2.45, 2.75) is 25.3 Å². The van der Waals surface area contributed by atoms with E-state index in [4.69, 9.17) is 10.5 Å². The van der Waals surface area contributed by atoms with Crippen LogP contribution in [0.4, 0.5) is 0 Å². The van der Waals surface area contributed by atoms with Gasteiger partial charge in [0, 0.05) is 6.04 Å². The van der Waals surface area contributed by atoms with E-state index in [0.29, 0.717) is 5.92 Å². The predicted molar refractivity (Wildman–Crippen MR) is 39.8 cm³/mol. The van der Waals surface area contributed by atoms with Gasteiger partial charge in [-0.05, 0) is 25.2 Å². The number of esters is 1. The van der Waals surface area contributed by atoms with Crippen LogP contribution in [0.3, 0.4) is 0 Å².